The van der Waals surface area contributed by atoms with Crippen molar-refractivity contribution in [2.75, 3.05) is 6.54 Å². The van der Waals surface area contributed by atoms with Crippen LogP contribution in [0.15, 0.2) is 30.5 Å². The summed E-state index contributed by atoms with van der Waals surface area (Å²) in [6, 6.07) is 6.80. The predicted molar refractivity (Wildman–Crippen MR) is 105 cm³/mol. The SMILES string of the molecule is O=C(NC1CC1)c1cn(CCC2CCCCN2C(=O)Cc2ccccc2F)nn1. The molecule has 0 bridgehead atoms. The van der Waals surface area contributed by atoms with E-state index in [0.717, 1.165) is 38.5 Å². The third kappa shape index (κ3) is 4.99. The Morgan fingerprint density at radius 1 is 1.17 bits per heavy atom. The largest absolute Gasteiger partial charge is 0.348 e. The molecule has 29 heavy (non-hydrogen) atoms. The van der Waals surface area contributed by atoms with Crippen molar-refractivity contribution in [3.8, 4) is 0 Å². The number of piperidine rings is 1. The van der Waals surface area contributed by atoms with Gasteiger partial charge < -0.3 is 10.2 Å². The summed E-state index contributed by atoms with van der Waals surface area (Å²) in [6.45, 7) is 1.28. The Hall–Kier alpha value is -2.77. The van der Waals surface area contributed by atoms with E-state index in [0.29, 0.717) is 24.3 Å². The minimum Gasteiger partial charge on any atom is -0.348 e. The van der Waals surface area contributed by atoms with Gasteiger partial charge in [-0.15, -0.1) is 5.10 Å². The van der Waals surface area contributed by atoms with Gasteiger partial charge in [0.1, 0.15) is 5.82 Å². The summed E-state index contributed by atoms with van der Waals surface area (Å²) in [4.78, 5) is 26.7. The van der Waals surface area contributed by atoms with Gasteiger partial charge in [0.15, 0.2) is 5.69 Å². The lowest BCUT2D eigenvalue weighted by atomic mass is 9.98. The molecule has 2 amide bonds. The number of amides is 2. The van der Waals surface area contributed by atoms with Crippen molar-refractivity contribution in [2.24, 2.45) is 0 Å². The number of hydrogen-bond donors (Lipinski definition) is 1. The smallest absolute Gasteiger partial charge is 0.273 e. The van der Waals surface area contributed by atoms with E-state index in [1.54, 1.807) is 29.1 Å². The van der Waals surface area contributed by atoms with E-state index in [1.807, 2.05) is 4.90 Å². The van der Waals surface area contributed by atoms with E-state index in [1.165, 1.54) is 6.07 Å². The average molecular weight is 399 g/mol. The van der Waals surface area contributed by atoms with Crippen LogP contribution in [0, 0.1) is 5.82 Å². The maximum absolute atomic E-state index is 13.9. The van der Waals surface area contributed by atoms with Gasteiger partial charge in [-0.25, -0.2) is 4.39 Å². The second-order valence-electron chi connectivity index (χ2n) is 7.91. The first-order valence-corrected chi connectivity index (χ1v) is 10.3. The van der Waals surface area contributed by atoms with E-state index in [4.69, 9.17) is 0 Å². The van der Waals surface area contributed by atoms with Crippen molar-refractivity contribution in [3.63, 3.8) is 0 Å². The molecule has 7 nitrogen and oxygen atoms in total. The van der Waals surface area contributed by atoms with Crippen LogP contribution in [0.4, 0.5) is 4.39 Å². The summed E-state index contributed by atoms with van der Waals surface area (Å²) in [5, 5.41) is 10.9. The third-order valence-electron chi connectivity index (χ3n) is 5.62. The zero-order valence-corrected chi connectivity index (χ0v) is 16.4. The molecule has 1 aromatic heterocycles. The van der Waals surface area contributed by atoms with E-state index in [-0.39, 0.29) is 36.1 Å². The predicted octanol–water partition coefficient (Wildman–Crippen LogP) is 2.32. The van der Waals surface area contributed by atoms with Crippen molar-refractivity contribution in [1.82, 2.24) is 25.2 Å². The topological polar surface area (TPSA) is 80.1 Å². The Balaban J connectivity index is 1.34. The van der Waals surface area contributed by atoms with Crippen molar-refractivity contribution in [1.29, 1.82) is 0 Å². The number of aryl methyl sites for hydroxylation is 1. The number of carbonyl (C=O) groups is 2. The lowest BCUT2D eigenvalue weighted by Crippen LogP contribution is -2.45. The summed E-state index contributed by atoms with van der Waals surface area (Å²) in [5.41, 5.74) is 0.762. The highest BCUT2D eigenvalue weighted by atomic mass is 19.1. The van der Waals surface area contributed by atoms with Crippen LogP contribution >= 0.6 is 0 Å². The maximum atomic E-state index is 13.9. The molecule has 1 aliphatic heterocycles. The molecule has 0 radical (unpaired) electrons. The second kappa shape index (κ2) is 8.71. The standard InChI is InChI=1S/C21H26FN5O2/c22-18-7-2-1-5-15(18)13-20(28)27-11-4-3-6-17(27)10-12-26-14-19(24-25-26)21(29)23-16-8-9-16/h1-2,5,7,14,16-17H,3-4,6,8-13H2,(H,23,29). The Morgan fingerprint density at radius 2 is 2.00 bits per heavy atom. The first kappa shape index (κ1) is 19.5. The summed E-state index contributed by atoms with van der Waals surface area (Å²) < 4.78 is 15.6. The van der Waals surface area contributed by atoms with Crippen LogP contribution in [0.5, 0.6) is 0 Å². The van der Waals surface area contributed by atoms with Gasteiger partial charge in [-0.05, 0) is 50.2 Å². The zero-order chi connectivity index (χ0) is 20.2. The molecule has 1 saturated carbocycles. The number of rotatable bonds is 7. The fourth-order valence-corrected chi connectivity index (χ4v) is 3.82. The number of carbonyl (C=O) groups excluding carboxylic acids is 2. The molecule has 1 aromatic carbocycles. The monoisotopic (exact) mass is 399 g/mol. The lowest BCUT2D eigenvalue weighted by molar-refractivity contribution is -0.134. The van der Waals surface area contributed by atoms with Gasteiger partial charge in [0.2, 0.25) is 5.91 Å². The number of nitrogens with one attached hydrogen (secondary N) is 1. The number of nitrogens with zero attached hydrogens (tertiary/aromatic N) is 4. The molecule has 1 unspecified atom stereocenters. The van der Waals surface area contributed by atoms with E-state index >= 15 is 0 Å². The number of benzene rings is 1. The molecular formula is C21H26FN5O2. The van der Waals surface area contributed by atoms with Crippen LogP contribution in [0.25, 0.3) is 0 Å². The van der Waals surface area contributed by atoms with Crippen molar-refractivity contribution in [2.45, 2.75) is 63.6 Å². The first-order valence-electron chi connectivity index (χ1n) is 10.3. The van der Waals surface area contributed by atoms with Gasteiger partial charge in [0.25, 0.3) is 5.91 Å². The van der Waals surface area contributed by atoms with Gasteiger partial charge in [0, 0.05) is 25.2 Å². The van der Waals surface area contributed by atoms with Crippen LogP contribution < -0.4 is 5.32 Å². The molecule has 0 spiro atoms. The minimum absolute atomic E-state index is 0.0390. The molecule has 2 heterocycles. The summed E-state index contributed by atoms with van der Waals surface area (Å²) in [7, 11) is 0. The number of likely N-dealkylation sites (tertiary alicyclic amines) is 1. The number of hydrogen-bond acceptors (Lipinski definition) is 4. The fraction of sp³-hybridized carbons (Fsp3) is 0.524. The molecule has 8 heteroatoms. The molecule has 2 fully saturated rings. The zero-order valence-electron chi connectivity index (χ0n) is 16.4. The first-order chi connectivity index (χ1) is 14.1. The molecular weight excluding hydrogens is 373 g/mol. The Labute approximate surface area is 169 Å². The van der Waals surface area contributed by atoms with Gasteiger partial charge >= 0.3 is 0 Å². The molecule has 4 rings (SSSR count). The quantitative estimate of drug-likeness (QED) is 0.775. The summed E-state index contributed by atoms with van der Waals surface area (Å²) >= 11 is 0. The Morgan fingerprint density at radius 3 is 2.79 bits per heavy atom. The normalized spacial score (nSPS) is 19.2. The highest BCUT2D eigenvalue weighted by Gasteiger charge is 2.28. The second-order valence-corrected chi connectivity index (χ2v) is 7.91. The third-order valence-corrected chi connectivity index (χ3v) is 5.62. The summed E-state index contributed by atoms with van der Waals surface area (Å²) in [6.07, 6.45) is 7.48. The van der Waals surface area contributed by atoms with Crippen molar-refractivity contribution in [3.05, 3.63) is 47.5 Å². The van der Waals surface area contributed by atoms with Gasteiger partial charge in [-0.2, -0.15) is 0 Å². The van der Waals surface area contributed by atoms with Crippen molar-refractivity contribution < 1.29 is 14.0 Å². The fourth-order valence-electron chi connectivity index (χ4n) is 3.82. The lowest BCUT2D eigenvalue weighted by Gasteiger charge is -2.36. The van der Waals surface area contributed by atoms with E-state index in [9.17, 15) is 14.0 Å². The molecule has 2 aliphatic rings. The highest BCUT2D eigenvalue weighted by molar-refractivity contribution is 5.92. The Kier molecular flexibility index (Phi) is 5.87. The van der Waals surface area contributed by atoms with Gasteiger partial charge in [0.05, 0.1) is 12.6 Å². The Bertz CT molecular complexity index is 879. The van der Waals surface area contributed by atoms with Crippen LogP contribution in [0.2, 0.25) is 0 Å². The maximum Gasteiger partial charge on any atom is 0.273 e. The van der Waals surface area contributed by atoms with E-state index < -0.39 is 0 Å². The van der Waals surface area contributed by atoms with E-state index in [2.05, 4.69) is 15.6 Å². The molecule has 1 saturated heterocycles. The summed E-state index contributed by atoms with van der Waals surface area (Å²) in [5.74, 6) is -0.560. The number of halogens is 1. The van der Waals surface area contributed by atoms with Crippen LogP contribution in [0.1, 0.15) is 54.6 Å². The average Bonchev–Trinajstić information content (AvgIpc) is 3.41. The number of aromatic nitrogens is 3. The highest BCUT2D eigenvalue weighted by Crippen LogP contribution is 2.22. The van der Waals surface area contributed by atoms with Crippen LogP contribution in [0.3, 0.4) is 0 Å². The molecule has 1 atom stereocenters. The van der Waals surface area contributed by atoms with Crippen LogP contribution in [-0.4, -0.2) is 50.3 Å². The molecule has 1 N–H and O–H groups in total. The van der Waals surface area contributed by atoms with Crippen molar-refractivity contribution >= 4 is 11.8 Å². The van der Waals surface area contributed by atoms with Gasteiger partial charge in [-0.1, -0.05) is 23.4 Å². The molecule has 154 valence electrons. The molecule has 1 aliphatic carbocycles. The van der Waals surface area contributed by atoms with Crippen LogP contribution in [-0.2, 0) is 17.8 Å². The minimum atomic E-state index is -0.339. The molecule has 2 aromatic rings. The van der Waals surface area contributed by atoms with Gasteiger partial charge in [-0.3, -0.25) is 14.3 Å².